The summed E-state index contributed by atoms with van der Waals surface area (Å²) in [4.78, 5) is 0. The first-order valence-electron chi connectivity index (χ1n) is 18.5. The lowest BCUT2D eigenvalue weighted by molar-refractivity contribution is -0.100. The maximum atomic E-state index is 6.86. The summed E-state index contributed by atoms with van der Waals surface area (Å²) in [6, 6.07) is 0. The van der Waals surface area contributed by atoms with E-state index in [4.69, 9.17) is 17.7 Å². The minimum atomic E-state index is -3.35. The van der Waals surface area contributed by atoms with Gasteiger partial charge in [0.1, 0.15) is 0 Å². The molecule has 0 heterocycles. The van der Waals surface area contributed by atoms with E-state index in [1.54, 1.807) is 0 Å². The first-order valence-corrected chi connectivity index (χ1v) is 20.2. The molecule has 0 bridgehead atoms. The average Bonchev–Trinajstić information content (AvgIpc) is 2.92. The lowest BCUT2D eigenvalue weighted by Gasteiger charge is -2.36. The minimum absolute atomic E-state index is 0.0774. The van der Waals surface area contributed by atoms with Crippen molar-refractivity contribution < 1.29 is 17.7 Å². The Morgan fingerprint density at radius 3 is 0.707 bits per heavy atom. The van der Waals surface area contributed by atoms with Crippen molar-refractivity contribution in [3.63, 3.8) is 0 Å². The molecule has 0 saturated heterocycles. The van der Waals surface area contributed by atoms with Crippen molar-refractivity contribution in [3.05, 3.63) is 0 Å². The zero-order chi connectivity index (χ0) is 30.6. The zero-order valence-corrected chi connectivity index (χ0v) is 30.4. The molecule has 0 saturated carbocycles. The summed E-state index contributed by atoms with van der Waals surface area (Å²) in [5, 5.41) is 0. The van der Waals surface area contributed by atoms with Crippen LogP contribution < -0.4 is 0 Å². The minimum Gasteiger partial charge on any atom is -0.348 e. The van der Waals surface area contributed by atoms with Gasteiger partial charge < -0.3 is 17.7 Å². The smallest absolute Gasteiger partial charge is 0.348 e. The van der Waals surface area contributed by atoms with Gasteiger partial charge in [0.2, 0.25) is 0 Å². The molecule has 248 valence electrons. The van der Waals surface area contributed by atoms with E-state index in [9.17, 15) is 0 Å². The summed E-state index contributed by atoms with van der Waals surface area (Å²) in [5.41, 5.74) is 0. The highest BCUT2D eigenvalue weighted by Gasteiger charge is 2.51. The van der Waals surface area contributed by atoms with Crippen LogP contribution in [-0.2, 0) is 17.7 Å². The Labute approximate surface area is 260 Å². The van der Waals surface area contributed by atoms with E-state index >= 15 is 0 Å². The Kier molecular flexibility index (Phi) is 28.8. The van der Waals surface area contributed by atoms with Gasteiger partial charge in [-0.25, -0.2) is 0 Å². The van der Waals surface area contributed by atoms with Gasteiger partial charge in [-0.2, -0.15) is 0 Å². The van der Waals surface area contributed by atoms with Crippen molar-refractivity contribution in [2.45, 2.75) is 234 Å². The molecular formula is C36H76O4Si. The van der Waals surface area contributed by atoms with Gasteiger partial charge in [0.05, 0.1) is 0 Å². The van der Waals surface area contributed by atoms with E-state index in [1.807, 2.05) is 0 Å². The predicted molar refractivity (Wildman–Crippen MR) is 181 cm³/mol. The summed E-state index contributed by atoms with van der Waals surface area (Å²) < 4.78 is 27.5. The molecule has 0 radical (unpaired) electrons. The molecule has 4 nitrogen and oxygen atoms in total. The van der Waals surface area contributed by atoms with Crippen LogP contribution in [0.25, 0.3) is 0 Å². The number of hydrogen-bond donors (Lipinski definition) is 0. The van der Waals surface area contributed by atoms with E-state index in [0.717, 1.165) is 25.7 Å². The average molecular weight is 601 g/mol. The van der Waals surface area contributed by atoms with Crippen LogP contribution in [-0.4, -0.2) is 33.5 Å². The summed E-state index contributed by atoms with van der Waals surface area (Å²) in [6.07, 6.45) is 30.0. The Balaban J connectivity index is 5.52. The summed E-state index contributed by atoms with van der Waals surface area (Å²) in [5.74, 6) is 0. The molecular weight excluding hydrogens is 524 g/mol. The third-order valence-corrected chi connectivity index (χ3v) is 11.0. The molecule has 0 aromatic heterocycles. The van der Waals surface area contributed by atoms with Crippen LogP contribution in [0.15, 0.2) is 0 Å². The number of hydrogen-bond acceptors (Lipinski definition) is 4. The van der Waals surface area contributed by atoms with Crippen LogP contribution in [0, 0.1) is 0 Å². The molecule has 0 amide bonds. The summed E-state index contributed by atoms with van der Waals surface area (Å²) in [7, 11) is -3.35. The lowest BCUT2D eigenvalue weighted by Crippen LogP contribution is -2.56. The van der Waals surface area contributed by atoms with E-state index in [1.165, 1.54) is 128 Å². The Bertz CT molecular complexity index is 438. The fourth-order valence-corrected chi connectivity index (χ4v) is 8.31. The molecule has 5 heteroatoms. The topological polar surface area (TPSA) is 36.9 Å². The van der Waals surface area contributed by atoms with Crippen molar-refractivity contribution in [1.82, 2.24) is 0 Å². The second-order valence-electron chi connectivity index (χ2n) is 13.0. The van der Waals surface area contributed by atoms with Gasteiger partial charge in [-0.05, 0) is 53.4 Å². The van der Waals surface area contributed by atoms with E-state index < -0.39 is 9.05 Å². The summed E-state index contributed by atoms with van der Waals surface area (Å²) in [6.45, 7) is 17.9. The molecule has 4 unspecified atom stereocenters. The van der Waals surface area contributed by atoms with E-state index in [0.29, 0.717) is 0 Å². The largest absolute Gasteiger partial charge is 0.680 e. The molecule has 41 heavy (non-hydrogen) atoms. The number of rotatable bonds is 32. The fraction of sp³-hybridized carbons (Fsp3) is 1.00. The third-order valence-electron chi connectivity index (χ3n) is 8.24. The van der Waals surface area contributed by atoms with Crippen molar-refractivity contribution in [1.29, 1.82) is 0 Å². The molecule has 0 aliphatic heterocycles. The second kappa shape index (κ2) is 28.8. The Morgan fingerprint density at radius 2 is 0.512 bits per heavy atom. The highest BCUT2D eigenvalue weighted by atomic mass is 28.4. The molecule has 0 spiro atoms. The molecule has 0 aliphatic carbocycles. The molecule has 4 atom stereocenters. The molecule has 0 aromatic carbocycles. The molecule has 0 N–H and O–H groups in total. The lowest BCUT2D eigenvalue weighted by atomic mass is 10.1. The Hall–Kier alpha value is 0.0569. The van der Waals surface area contributed by atoms with Gasteiger partial charge in [0.15, 0.2) is 0 Å². The first kappa shape index (κ1) is 41.1. The van der Waals surface area contributed by atoms with Gasteiger partial charge in [-0.15, -0.1) is 0 Å². The van der Waals surface area contributed by atoms with Crippen LogP contribution in [0.1, 0.15) is 209 Å². The maximum absolute atomic E-state index is 6.86. The van der Waals surface area contributed by atoms with Crippen LogP contribution in [0.2, 0.25) is 0 Å². The predicted octanol–water partition coefficient (Wildman–Crippen LogP) is 12.5. The Morgan fingerprint density at radius 1 is 0.317 bits per heavy atom. The normalized spacial score (nSPS) is 16.4. The van der Waals surface area contributed by atoms with Crippen molar-refractivity contribution in [2.75, 3.05) is 0 Å². The van der Waals surface area contributed by atoms with Crippen molar-refractivity contribution in [3.8, 4) is 0 Å². The van der Waals surface area contributed by atoms with Crippen LogP contribution in [0.4, 0.5) is 0 Å². The molecule has 0 aliphatic rings. The monoisotopic (exact) mass is 601 g/mol. The summed E-state index contributed by atoms with van der Waals surface area (Å²) >= 11 is 0. The van der Waals surface area contributed by atoms with Gasteiger partial charge in [-0.3, -0.25) is 0 Å². The van der Waals surface area contributed by atoms with Crippen molar-refractivity contribution in [2.24, 2.45) is 0 Å². The van der Waals surface area contributed by atoms with Gasteiger partial charge in [0, 0.05) is 24.4 Å². The standard InChI is InChI=1S/C36H76O4Si/c1-9-13-17-21-25-29-33(5)37-41(38-34(6)30-26-22-18-14-10-2,39-35(7)31-27-23-19-15-11-3)40-36(8)32-28-24-20-16-12-4/h33-36H,9-32H2,1-8H3. The SMILES string of the molecule is CCCCCCCC(C)O[Si](OC(C)CCCCCCC)(OC(C)CCCCCCC)OC(C)CCCCCCC. The zero-order valence-electron chi connectivity index (χ0n) is 29.4. The van der Waals surface area contributed by atoms with Gasteiger partial charge in [0.25, 0.3) is 0 Å². The molecule has 0 aromatic rings. The second-order valence-corrected chi connectivity index (χ2v) is 15.0. The maximum Gasteiger partial charge on any atom is 0.680 e. The van der Waals surface area contributed by atoms with Gasteiger partial charge >= 0.3 is 9.05 Å². The van der Waals surface area contributed by atoms with Gasteiger partial charge in [-0.1, -0.05) is 156 Å². The fourth-order valence-electron chi connectivity index (χ4n) is 5.53. The third kappa shape index (κ3) is 25.1. The van der Waals surface area contributed by atoms with Crippen molar-refractivity contribution >= 4 is 9.05 Å². The highest BCUT2D eigenvalue weighted by molar-refractivity contribution is 6.53. The number of unbranched alkanes of at least 4 members (excludes halogenated alkanes) is 16. The van der Waals surface area contributed by atoms with Crippen LogP contribution >= 0.6 is 0 Å². The highest BCUT2D eigenvalue weighted by Crippen LogP contribution is 2.27. The first-order chi connectivity index (χ1) is 19.8. The molecule has 0 rings (SSSR count). The van der Waals surface area contributed by atoms with E-state index in [2.05, 4.69) is 55.4 Å². The van der Waals surface area contributed by atoms with Crippen LogP contribution in [0.5, 0.6) is 0 Å². The molecule has 0 fully saturated rings. The van der Waals surface area contributed by atoms with E-state index in [-0.39, 0.29) is 24.4 Å². The quantitative estimate of drug-likeness (QED) is 0.0568. The van der Waals surface area contributed by atoms with Crippen LogP contribution in [0.3, 0.4) is 0 Å².